The predicted molar refractivity (Wildman–Crippen MR) is 46.0 cm³/mol. The highest BCUT2D eigenvalue weighted by Gasteiger charge is 2.09. The summed E-state index contributed by atoms with van der Waals surface area (Å²) < 4.78 is 0. The monoisotopic (exact) mass is 151 g/mol. The number of nitrogens with zero attached hydrogens (tertiary/aromatic N) is 2. The van der Waals surface area contributed by atoms with Crippen LogP contribution in [0.4, 0.5) is 0 Å². The Morgan fingerprint density at radius 1 is 1.10 bits per heavy atom. The quantitative estimate of drug-likeness (QED) is 0.507. The normalized spacial score (nSPS) is 23.6. The van der Waals surface area contributed by atoms with Crippen LogP contribution in [0.15, 0.2) is 40.4 Å². The molecule has 3 heteroatoms. The summed E-state index contributed by atoms with van der Waals surface area (Å²) in [6.07, 6.45) is 7.56. The molecule has 0 atom stereocenters. The maximum absolute atomic E-state index is 4.11. The van der Waals surface area contributed by atoms with E-state index in [4.69, 9.17) is 0 Å². The van der Waals surface area contributed by atoms with Gasteiger partial charge in [0.05, 0.1) is 0 Å². The van der Waals surface area contributed by atoms with Gasteiger partial charge in [0.15, 0.2) is 5.17 Å². The van der Waals surface area contributed by atoms with E-state index in [0.29, 0.717) is 0 Å². The molecule has 0 aliphatic carbocycles. The number of rotatable bonds is 0. The van der Waals surface area contributed by atoms with E-state index < -0.39 is 0 Å². The molecule has 0 saturated heterocycles. The van der Waals surface area contributed by atoms with E-state index in [-0.39, 0.29) is 10.9 Å². The molecule has 1 radical (unpaired) electrons. The predicted octanol–water partition coefficient (Wildman–Crippen LogP) is 1.47. The average Bonchev–Trinajstić information content (AvgIpc) is 2.59. The maximum atomic E-state index is 4.11. The lowest BCUT2D eigenvalue weighted by Crippen LogP contribution is -2.02. The molecule has 0 N–H and O–H groups in total. The standard InChI is InChI=1S/C7H7N2S/c1-2-6-10(5-1)7-8-3-4-9-7/h1-6,10H. The van der Waals surface area contributed by atoms with Crippen molar-refractivity contribution >= 4 is 16.1 Å². The second-order valence-electron chi connectivity index (χ2n) is 1.95. The smallest absolute Gasteiger partial charge is 0.174 e. The molecule has 0 aromatic rings. The minimum Gasteiger partial charge on any atom is -0.231 e. The molecule has 0 amide bonds. The Morgan fingerprint density at radius 3 is 2.50 bits per heavy atom. The van der Waals surface area contributed by atoms with Gasteiger partial charge in [0.2, 0.25) is 0 Å². The number of allylic oxidation sites excluding steroid dienone is 2. The first-order chi connectivity index (χ1) is 4.97. The molecular weight excluding hydrogens is 144 g/mol. The summed E-state index contributed by atoms with van der Waals surface area (Å²) in [5.74, 6) is 0. The lowest BCUT2D eigenvalue weighted by atomic mass is 10.6. The van der Waals surface area contributed by atoms with Crippen molar-refractivity contribution in [2.75, 3.05) is 0 Å². The molecule has 0 aromatic carbocycles. The highest BCUT2D eigenvalue weighted by molar-refractivity contribution is 8.34. The van der Waals surface area contributed by atoms with Crippen LogP contribution in [0.3, 0.4) is 0 Å². The second-order valence-corrected chi connectivity index (χ2v) is 3.76. The molecule has 0 saturated carbocycles. The van der Waals surface area contributed by atoms with Gasteiger partial charge in [-0.1, -0.05) is 12.2 Å². The molecule has 0 unspecified atom stereocenters. The van der Waals surface area contributed by atoms with Crippen LogP contribution in [0, 0.1) is 0 Å². The van der Waals surface area contributed by atoms with E-state index in [1.165, 1.54) is 0 Å². The summed E-state index contributed by atoms with van der Waals surface area (Å²) >= 11 is 0. The van der Waals surface area contributed by atoms with Crippen molar-refractivity contribution < 1.29 is 0 Å². The van der Waals surface area contributed by atoms with Crippen LogP contribution in [-0.2, 0) is 0 Å². The van der Waals surface area contributed by atoms with E-state index in [0.717, 1.165) is 5.17 Å². The SMILES string of the molecule is C1=C[SH](C2=NC=C[N]2)C=C1. The first kappa shape index (κ1) is 5.80. The third kappa shape index (κ3) is 0.885. The van der Waals surface area contributed by atoms with Crippen molar-refractivity contribution in [1.29, 1.82) is 0 Å². The van der Waals surface area contributed by atoms with Gasteiger partial charge in [0.25, 0.3) is 0 Å². The van der Waals surface area contributed by atoms with Crippen molar-refractivity contribution in [3.63, 3.8) is 0 Å². The van der Waals surface area contributed by atoms with Gasteiger partial charge in [-0.05, 0) is 10.8 Å². The van der Waals surface area contributed by atoms with E-state index in [2.05, 4.69) is 21.1 Å². The Hall–Kier alpha value is -0.960. The van der Waals surface area contributed by atoms with Crippen molar-refractivity contribution in [1.82, 2.24) is 5.32 Å². The molecule has 2 aliphatic rings. The van der Waals surface area contributed by atoms with Gasteiger partial charge in [0, 0.05) is 12.4 Å². The van der Waals surface area contributed by atoms with Crippen molar-refractivity contribution in [3.05, 3.63) is 35.4 Å². The van der Waals surface area contributed by atoms with Gasteiger partial charge in [0.1, 0.15) is 0 Å². The van der Waals surface area contributed by atoms with Gasteiger partial charge in [-0.3, -0.25) is 0 Å². The fraction of sp³-hybridized carbons (Fsp3) is 0. The summed E-state index contributed by atoms with van der Waals surface area (Å²) in [5.41, 5.74) is 0. The zero-order valence-electron chi connectivity index (χ0n) is 5.31. The summed E-state index contributed by atoms with van der Waals surface area (Å²) in [5, 5.41) is 9.36. The number of hydrogen-bond donors (Lipinski definition) is 1. The number of hydrogen-bond acceptors (Lipinski definition) is 1. The minimum absolute atomic E-state index is 0.287. The lowest BCUT2D eigenvalue weighted by molar-refractivity contribution is 1.33. The Labute approximate surface area is 62.4 Å². The van der Waals surface area contributed by atoms with Gasteiger partial charge in [-0.2, -0.15) is 10.9 Å². The molecule has 2 aliphatic heterocycles. The molecule has 51 valence electrons. The summed E-state index contributed by atoms with van der Waals surface area (Å²) in [6, 6.07) is 0. The minimum atomic E-state index is -0.287. The molecular formula is C7H7N2S. The molecule has 0 bridgehead atoms. The van der Waals surface area contributed by atoms with Gasteiger partial charge < -0.3 is 0 Å². The van der Waals surface area contributed by atoms with Crippen LogP contribution < -0.4 is 5.32 Å². The Bertz CT molecular complexity index is 238. The van der Waals surface area contributed by atoms with E-state index >= 15 is 0 Å². The van der Waals surface area contributed by atoms with Crippen LogP contribution in [-0.4, -0.2) is 5.17 Å². The maximum Gasteiger partial charge on any atom is 0.174 e. The van der Waals surface area contributed by atoms with Crippen molar-refractivity contribution in [3.8, 4) is 0 Å². The first-order valence-electron chi connectivity index (χ1n) is 3.04. The summed E-state index contributed by atoms with van der Waals surface area (Å²) in [7, 11) is -0.287. The zero-order chi connectivity index (χ0) is 6.81. The van der Waals surface area contributed by atoms with E-state index in [9.17, 15) is 0 Å². The summed E-state index contributed by atoms with van der Waals surface area (Å²) in [6.45, 7) is 0. The van der Waals surface area contributed by atoms with Crippen LogP contribution in [0.25, 0.3) is 0 Å². The van der Waals surface area contributed by atoms with Crippen LogP contribution >= 0.6 is 10.9 Å². The zero-order valence-corrected chi connectivity index (χ0v) is 6.20. The number of thiol groups is 1. The van der Waals surface area contributed by atoms with E-state index in [1.54, 1.807) is 12.4 Å². The van der Waals surface area contributed by atoms with Gasteiger partial charge in [-0.15, -0.1) is 0 Å². The molecule has 0 fully saturated rings. The van der Waals surface area contributed by atoms with Crippen LogP contribution in [0.1, 0.15) is 0 Å². The fourth-order valence-electron chi connectivity index (χ4n) is 0.835. The molecule has 10 heavy (non-hydrogen) atoms. The molecule has 2 rings (SSSR count). The number of amidine groups is 1. The van der Waals surface area contributed by atoms with Crippen LogP contribution in [0.2, 0.25) is 0 Å². The van der Waals surface area contributed by atoms with E-state index in [1.807, 2.05) is 12.2 Å². The molecule has 2 heterocycles. The Kier molecular flexibility index (Phi) is 1.36. The Morgan fingerprint density at radius 2 is 1.90 bits per heavy atom. The first-order valence-corrected chi connectivity index (χ1v) is 4.52. The summed E-state index contributed by atoms with van der Waals surface area (Å²) in [4.78, 5) is 4.11. The highest BCUT2D eigenvalue weighted by atomic mass is 32.2. The molecule has 0 spiro atoms. The van der Waals surface area contributed by atoms with Crippen LogP contribution in [0.5, 0.6) is 0 Å². The topological polar surface area (TPSA) is 26.5 Å². The third-order valence-corrected chi connectivity index (χ3v) is 2.96. The van der Waals surface area contributed by atoms with Gasteiger partial charge >= 0.3 is 0 Å². The lowest BCUT2D eigenvalue weighted by Gasteiger charge is -2.06. The third-order valence-electron chi connectivity index (χ3n) is 1.28. The number of aliphatic imine (C=N–C) groups is 1. The fourth-order valence-corrected chi connectivity index (χ4v) is 2.17. The average molecular weight is 151 g/mol. The van der Waals surface area contributed by atoms with Crippen molar-refractivity contribution in [2.45, 2.75) is 0 Å². The second kappa shape index (κ2) is 2.34. The van der Waals surface area contributed by atoms with Crippen molar-refractivity contribution in [2.24, 2.45) is 4.99 Å². The van der Waals surface area contributed by atoms with Gasteiger partial charge in [-0.25, -0.2) is 10.3 Å². The molecule has 0 aromatic heterocycles. The highest BCUT2D eigenvalue weighted by Crippen LogP contribution is 2.34. The Balaban J connectivity index is 2.14. The largest absolute Gasteiger partial charge is 0.231 e. The molecule has 2 nitrogen and oxygen atoms in total.